The molecule has 1 amide bonds. The van der Waals surface area contributed by atoms with Gasteiger partial charge in [-0.2, -0.15) is 0 Å². The Morgan fingerprint density at radius 2 is 2.00 bits per heavy atom. The highest BCUT2D eigenvalue weighted by Crippen LogP contribution is 2.37. The summed E-state index contributed by atoms with van der Waals surface area (Å²) in [6, 6.07) is 12.5. The van der Waals surface area contributed by atoms with Crippen LogP contribution in [0.5, 0.6) is 0 Å². The highest BCUT2D eigenvalue weighted by atomic mass is 16.5. The van der Waals surface area contributed by atoms with Gasteiger partial charge in [-0.05, 0) is 51.0 Å². The monoisotopic (exact) mass is 417 g/mol. The number of aromatic amines is 1. The number of H-pyrrole nitrogens is 1. The number of ether oxygens (including phenoxy) is 1. The van der Waals surface area contributed by atoms with Gasteiger partial charge < -0.3 is 19.9 Å². The number of Topliss-reactive ketones (excluding diaryl/α,β-unsaturated/α-hetero) is 1. The van der Waals surface area contributed by atoms with Crippen LogP contribution in [0.2, 0.25) is 0 Å². The molecule has 2 N–H and O–H groups in total. The number of fused-ring (bicyclic) bond motifs is 4. The summed E-state index contributed by atoms with van der Waals surface area (Å²) in [4.78, 5) is 43.4. The Bertz CT molecular complexity index is 1230. The molecule has 0 radical (unpaired) electrons. The number of amides is 1. The maximum absolute atomic E-state index is 13.0. The zero-order valence-corrected chi connectivity index (χ0v) is 17.4. The minimum Gasteiger partial charge on any atom is -0.451 e. The van der Waals surface area contributed by atoms with E-state index < -0.39 is 12.1 Å². The number of hydrogen-bond donors (Lipinski definition) is 2. The fourth-order valence-electron chi connectivity index (χ4n) is 4.64. The van der Waals surface area contributed by atoms with Gasteiger partial charge in [0.25, 0.3) is 0 Å². The summed E-state index contributed by atoms with van der Waals surface area (Å²) in [5.41, 5.74) is 3.96. The van der Waals surface area contributed by atoms with E-state index in [4.69, 9.17) is 4.74 Å². The molecule has 0 saturated carbocycles. The second-order valence-corrected chi connectivity index (χ2v) is 8.15. The van der Waals surface area contributed by atoms with Gasteiger partial charge in [-0.25, -0.2) is 4.79 Å². The number of nitrogens with one attached hydrogen (secondary N) is 2. The number of esters is 1. The number of carbonyl (C=O) groups is 3. The van der Waals surface area contributed by atoms with Gasteiger partial charge in [0.2, 0.25) is 11.7 Å². The maximum atomic E-state index is 13.0. The smallest absolute Gasteiger partial charge is 0.338 e. The fraction of sp³-hybridized carbons (Fsp3) is 0.292. The molecular formula is C24H23N3O4. The highest BCUT2D eigenvalue weighted by Gasteiger charge is 2.36. The van der Waals surface area contributed by atoms with Crippen LogP contribution in [-0.4, -0.2) is 41.3 Å². The first kappa shape index (κ1) is 19.4. The van der Waals surface area contributed by atoms with Gasteiger partial charge in [-0.15, -0.1) is 0 Å². The van der Waals surface area contributed by atoms with Gasteiger partial charge >= 0.3 is 5.97 Å². The van der Waals surface area contributed by atoms with Crippen molar-refractivity contribution in [3.8, 4) is 0 Å². The first-order chi connectivity index (χ1) is 14.9. The highest BCUT2D eigenvalue weighted by molar-refractivity contribution is 6.12. The number of benzene rings is 2. The largest absolute Gasteiger partial charge is 0.451 e. The Hall–Kier alpha value is -3.61. The van der Waals surface area contributed by atoms with Gasteiger partial charge in [0.1, 0.15) is 6.04 Å². The van der Waals surface area contributed by atoms with Crippen LogP contribution < -0.4 is 10.2 Å². The quantitative estimate of drug-likeness (QED) is 0.497. The summed E-state index contributed by atoms with van der Waals surface area (Å²) in [5.74, 6) is -0.901. The predicted molar refractivity (Wildman–Crippen MR) is 118 cm³/mol. The summed E-state index contributed by atoms with van der Waals surface area (Å²) in [5, 5.41) is 3.70. The van der Waals surface area contributed by atoms with Crippen molar-refractivity contribution in [2.75, 3.05) is 16.8 Å². The van der Waals surface area contributed by atoms with E-state index in [1.165, 1.54) is 0 Å². The number of hydrogen-bond acceptors (Lipinski definition) is 5. The number of rotatable bonds is 4. The van der Waals surface area contributed by atoms with Crippen molar-refractivity contribution in [1.82, 2.24) is 4.98 Å². The number of nitrogens with zero attached hydrogens (tertiary/aromatic N) is 1. The van der Waals surface area contributed by atoms with Crippen molar-refractivity contribution in [2.24, 2.45) is 0 Å². The summed E-state index contributed by atoms with van der Waals surface area (Å²) < 4.78 is 5.50. The Morgan fingerprint density at radius 1 is 1.19 bits per heavy atom. The zero-order valence-electron chi connectivity index (χ0n) is 17.4. The average molecular weight is 417 g/mol. The minimum absolute atomic E-state index is 0.0473. The van der Waals surface area contributed by atoms with Crippen molar-refractivity contribution in [3.05, 3.63) is 59.3 Å². The first-order valence-corrected chi connectivity index (χ1v) is 10.5. The van der Waals surface area contributed by atoms with Crippen LogP contribution >= 0.6 is 0 Å². The molecule has 0 spiro atoms. The number of para-hydroxylation sites is 1. The van der Waals surface area contributed by atoms with Gasteiger partial charge in [0.05, 0.1) is 16.9 Å². The molecule has 0 unspecified atom stereocenters. The van der Waals surface area contributed by atoms with E-state index in [9.17, 15) is 14.4 Å². The molecule has 158 valence electrons. The topological polar surface area (TPSA) is 91.5 Å². The number of carbonyl (C=O) groups excluding carboxylic acids is 3. The van der Waals surface area contributed by atoms with E-state index in [1.807, 2.05) is 37.3 Å². The molecule has 0 aliphatic carbocycles. The molecule has 0 bridgehead atoms. The van der Waals surface area contributed by atoms with Gasteiger partial charge in [-0.1, -0.05) is 18.2 Å². The molecule has 3 aromatic rings. The Kier molecular flexibility index (Phi) is 4.54. The van der Waals surface area contributed by atoms with E-state index in [1.54, 1.807) is 19.1 Å². The zero-order chi connectivity index (χ0) is 21.7. The molecule has 2 aliphatic heterocycles. The van der Waals surface area contributed by atoms with E-state index in [0.717, 1.165) is 41.7 Å². The third-order valence-electron chi connectivity index (χ3n) is 6.15. The number of anilines is 2. The molecule has 3 heterocycles. The summed E-state index contributed by atoms with van der Waals surface area (Å²) in [6.45, 7) is 4.24. The van der Waals surface area contributed by atoms with Gasteiger partial charge in [0, 0.05) is 28.7 Å². The molecule has 1 saturated heterocycles. The van der Waals surface area contributed by atoms with E-state index in [-0.39, 0.29) is 17.7 Å². The third-order valence-corrected chi connectivity index (χ3v) is 6.15. The van der Waals surface area contributed by atoms with Crippen molar-refractivity contribution in [1.29, 1.82) is 0 Å². The molecular weight excluding hydrogens is 394 g/mol. The fourth-order valence-corrected chi connectivity index (χ4v) is 4.64. The average Bonchev–Trinajstić information content (AvgIpc) is 3.37. The molecule has 7 heteroatoms. The number of aromatic nitrogens is 1. The predicted octanol–water partition coefficient (Wildman–Crippen LogP) is 3.83. The lowest BCUT2D eigenvalue weighted by Crippen LogP contribution is -2.43. The lowest BCUT2D eigenvalue weighted by molar-refractivity contribution is -0.117. The van der Waals surface area contributed by atoms with Crippen molar-refractivity contribution < 1.29 is 19.1 Å². The molecule has 7 nitrogen and oxygen atoms in total. The van der Waals surface area contributed by atoms with Crippen LogP contribution in [-0.2, 0) is 9.53 Å². The lowest BCUT2D eigenvalue weighted by atomic mass is 10.0. The van der Waals surface area contributed by atoms with Crippen LogP contribution in [0.1, 0.15) is 46.2 Å². The SMILES string of the molecule is Cc1[nH]c2ccccc2c1C(=O)[C@@H](C)OC(=O)c1ccc2c(c1)NC(=O)[C@H]1CCCN21. The van der Waals surface area contributed by atoms with Crippen LogP contribution in [0.25, 0.3) is 10.9 Å². The molecule has 5 rings (SSSR count). The number of ketones is 1. The molecule has 2 aromatic carbocycles. The second kappa shape index (κ2) is 7.27. The van der Waals surface area contributed by atoms with Crippen LogP contribution in [0, 0.1) is 6.92 Å². The summed E-state index contributed by atoms with van der Waals surface area (Å²) in [7, 11) is 0. The first-order valence-electron chi connectivity index (χ1n) is 10.5. The van der Waals surface area contributed by atoms with Crippen LogP contribution in [0.3, 0.4) is 0 Å². The minimum atomic E-state index is -0.945. The van der Waals surface area contributed by atoms with E-state index in [0.29, 0.717) is 16.8 Å². The molecule has 31 heavy (non-hydrogen) atoms. The summed E-state index contributed by atoms with van der Waals surface area (Å²) >= 11 is 0. The van der Waals surface area contributed by atoms with Crippen LogP contribution in [0.4, 0.5) is 11.4 Å². The molecule has 1 fully saturated rings. The molecule has 2 atom stereocenters. The molecule has 1 aromatic heterocycles. The second-order valence-electron chi connectivity index (χ2n) is 8.15. The van der Waals surface area contributed by atoms with Crippen molar-refractivity contribution >= 4 is 39.9 Å². The van der Waals surface area contributed by atoms with E-state index in [2.05, 4.69) is 15.2 Å². The van der Waals surface area contributed by atoms with Crippen molar-refractivity contribution in [3.63, 3.8) is 0 Å². The standard InChI is InChI=1S/C24H23N3O4/c1-13-21(16-6-3-4-7-17(16)25-13)22(28)14(2)31-24(30)15-9-10-19-18(12-15)26-23(29)20-8-5-11-27(19)20/h3-4,6-7,9-10,12,14,20,25H,5,8,11H2,1-2H3,(H,26,29)/t14-,20-/m1/s1. The normalized spacial score (nSPS) is 18.3. The van der Waals surface area contributed by atoms with Gasteiger partial charge in [0.15, 0.2) is 6.10 Å². The van der Waals surface area contributed by atoms with Gasteiger partial charge in [-0.3, -0.25) is 9.59 Å². The Morgan fingerprint density at radius 3 is 2.84 bits per heavy atom. The Labute approximate surface area is 179 Å². The Balaban J connectivity index is 1.36. The maximum Gasteiger partial charge on any atom is 0.338 e. The number of aryl methyl sites for hydroxylation is 1. The third kappa shape index (κ3) is 3.17. The van der Waals surface area contributed by atoms with Crippen LogP contribution in [0.15, 0.2) is 42.5 Å². The van der Waals surface area contributed by atoms with E-state index >= 15 is 0 Å². The van der Waals surface area contributed by atoms with Crippen molar-refractivity contribution in [2.45, 2.75) is 38.8 Å². The molecule has 2 aliphatic rings. The lowest BCUT2D eigenvalue weighted by Gasteiger charge is -2.33. The summed E-state index contributed by atoms with van der Waals surface area (Å²) in [6.07, 6.45) is 0.856.